The highest BCUT2D eigenvalue weighted by molar-refractivity contribution is 6.18. The summed E-state index contributed by atoms with van der Waals surface area (Å²) in [5.41, 5.74) is 0.897. The average molecular weight is 286 g/mol. The van der Waals surface area contributed by atoms with Crippen molar-refractivity contribution in [3.05, 3.63) is 35.9 Å². The van der Waals surface area contributed by atoms with Crippen molar-refractivity contribution in [2.45, 2.75) is 6.54 Å². The maximum absolute atomic E-state index is 11.8. The lowest BCUT2D eigenvalue weighted by molar-refractivity contribution is -0.141. The number of esters is 1. The van der Waals surface area contributed by atoms with E-state index in [2.05, 4.69) is 4.74 Å². The fraction of sp³-hybridized carbons (Fsp3) is 0.385. The molecule has 0 heterocycles. The Balaban J connectivity index is 2.68. The molecule has 0 saturated heterocycles. The van der Waals surface area contributed by atoms with E-state index in [-0.39, 0.29) is 25.6 Å². The maximum atomic E-state index is 11.8. The van der Waals surface area contributed by atoms with Crippen LogP contribution in [0.2, 0.25) is 0 Å². The number of methoxy groups -OCH3 is 1. The van der Waals surface area contributed by atoms with Gasteiger partial charge in [0.25, 0.3) is 0 Å². The minimum Gasteiger partial charge on any atom is -0.468 e. The fourth-order valence-corrected chi connectivity index (χ4v) is 1.50. The number of amides is 1. The van der Waals surface area contributed by atoms with Crippen molar-refractivity contribution in [3.63, 3.8) is 0 Å². The van der Waals surface area contributed by atoms with Crippen molar-refractivity contribution in [1.82, 2.24) is 4.90 Å². The SMILES string of the molecule is COC(=O)CN(Cc1ccccc1)C(=O)OCCCl. The molecule has 104 valence electrons. The van der Waals surface area contributed by atoms with Gasteiger partial charge in [0.15, 0.2) is 0 Å². The quantitative estimate of drug-likeness (QED) is 0.593. The normalized spacial score (nSPS) is 9.79. The van der Waals surface area contributed by atoms with Crippen LogP contribution in [-0.2, 0) is 20.8 Å². The first-order valence-corrected chi connectivity index (χ1v) is 6.29. The minimum atomic E-state index is -0.588. The van der Waals surface area contributed by atoms with Gasteiger partial charge in [0.05, 0.1) is 13.0 Å². The molecule has 1 aromatic rings. The van der Waals surface area contributed by atoms with Gasteiger partial charge in [0, 0.05) is 6.54 Å². The molecule has 0 aliphatic carbocycles. The molecule has 0 spiro atoms. The van der Waals surface area contributed by atoms with Crippen LogP contribution in [0.4, 0.5) is 4.79 Å². The van der Waals surface area contributed by atoms with E-state index in [1.807, 2.05) is 30.3 Å². The summed E-state index contributed by atoms with van der Waals surface area (Å²) < 4.78 is 9.48. The molecule has 0 unspecified atom stereocenters. The number of carbonyl (C=O) groups excluding carboxylic acids is 2. The zero-order chi connectivity index (χ0) is 14.1. The first-order valence-electron chi connectivity index (χ1n) is 5.75. The van der Waals surface area contributed by atoms with Crippen molar-refractivity contribution < 1.29 is 19.1 Å². The van der Waals surface area contributed by atoms with E-state index in [9.17, 15) is 9.59 Å². The molecule has 0 fully saturated rings. The highest BCUT2D eigenvalue weighted by Crippen LogP contribution is 2.06. The lowest BCUT2D eigenvalue weighted by Gasteiger charge is -2.20. The van der Waals surface area contributed by atoms with Gasteiger partial charge in [0.1, 0.15) is 13.2 Å². The van der Waals surface area contributed by atoms with E-state index < -0.39 is 12.1 Å². The topological polar surface area (TPSA) is 55.8 Å². The number of carbonyl (C=O) groups is 2. The Morgan fingerprint density at radius 1 is 1.26 bits per heavy atom. The molecule has 0 bridgehead atoms. The zero-order valence-electron chi connectivity index (χ0n) is 10.7. The molecular formula is C13H16ClNO4. The second kappa shape index (κ2) is 8.37. The Labute approximate surface area is 117 Å². The zero-order valence-corrected chi connectivity index (χ0v) is 11.4. The van der Waals surface area contributed by atoms with Crippen LogP contribution in [-0.4, -0.2) is 43.1 Å². The molecular weight excluding hydrogens is 270 g/mol. The van der Waals surface area contributed by atoms with Gasteiger partial charge in [-0.2, -0.15) is 0 Å². The average Bonchev–Trinajstić information content (AvgIpc) is 2.44. The number of halogens is 1. The second-order valence-electron chi connectivity index (χ2n) is 3.72. The van der Waals surface area contributed by atoms with Crippen LogP contribution < -0.4 is 0 Å². The smallest absolute Gasteiger partial charge is 0.410 e. The summed E-state index contributed by atoms with van der Waals surface area (Å²) in [6, 6.07) is 9.31. The van der Waals surface area contributed by atoms with Gasteiger partial charge < -0.3 is 9.47 Å². The Morgan fingerprint density at radius 2 is 1.95 bits per heavy atom. The van der Waals surface area contributed by atoms with Gasteiger partial charge in [-0.15, -0.1) is 11.6 Å². The predicted molar refractivity (Wildman–Crippen MR) is 70.9 cm³/mol. The van der Waals surface area contributed by atoms with Crippen LogP contribution in [0.15, 0.2) is 30.3 Å². The molecule has 0 radical (unpaired) electrons. The van der Waals surface area contributed by atoms with Gasteiger partial charge >= 0.3 is 12.1 Å². The number of rotatable bonds is 6. The van der Waals surface area contributed by atoms with Crippen molar-refractivity contribution in [2.24, 2.45) is 0 Å². The maximum Gasteiger partial charge on any atom is 0.410 e. The van der Waals surface area contributed by atoms with Crippen molar-refractivity contribution in [1.29, 1.82) is 0 Å². The molecule has 19 heavy (non-hydrogen) atoms. The van der Waals surface area contributed by atoms with Crippen LogP contribution in [0.1, 0.15) is 5.56 Å². The van der Waals surface area contributed by atoms with Gasteiger partial charge in [-0.1, -0.05) is 30.3 Å². The summed E-state index contributed by atoms with van der Waals surface area (Å²) in [5.74, 6) is -0.290. The van der Waals surface area contributed by atoms with Crippen LogP contribution in [0.5, 0.6) is 0 Å². The van der Waals surface area contributed by atoms with E-state index in [4.69, 9.17) is 16.3 Å². The molecule has 0 aromatic heterocycles. The number of hydrogen-bond acceptors (Lipinski definition) is 4. The first-order chi connectivity index (χ1) is 9.17. The van der Waals surface area contributed by atoms with Crippen LogP contribution in [0.25, 0.3) is 0 Å². The van der Waals surface area contributed by atoms with Crippen LogP contribution in [0.3, 0.4) is 0 Å². The predicted octanol–water partition coefficient (Wildman–Crippen LogP) is 2.04. The number of hydrogen-bond donors (Lipinski definition) is 0. The summed E-state index contributed by atoms with van der Waals surface area (Å²) in [5, 5.41) is 0. The standard InChI is InChI=1S/C13H16ClNO4/c1-18-12(16)10-15(13(17)19-8-7-14)9-11-5-3-2-4-6-11/h2-6H,7-10H2,1H3. The van der Waals surface area contributed by atoms with E-state index >= 15 is 0 Å². The second-order valence-corrected chi connectivity index (χ2v) is 4.10. The minimum absolute atomic E-state index is 0.104. The molecule has 0 atom stereocenters. The molecule has 0 aliphatic rings. The Hall–Kier alpha value is -1.75. The third-order valence-electron chi connectivity index (χ3n) is 2.32. The Bertz CT molecular complexity index is 410. The van der Waals surface area contributed by atoms with Crippen molar-refractivity contribution in [3.8, 4) is 0 Å². The monoisotopic (exact) mass is 285 g/mol. The molecule has 1 rings (SSSR count). The summed E-state index contributed by atoms with van der Waals surface area (Å²) in [4.78, 5) is 24.4. The highest BCUT2D eigenvalue weighted by Gasteiger charge is 2.19. The van der Waals surface area contributed by atoms with Gasteiger partial charge in [-0.3, -0.25) is 9.69 Å². The summed E-state index contributed by atoms with van der Waals surface area (Å²) in [6.45, 7) is 0.219. The molecule has 0 aliphatic heterocycles. The van der Waals surface area contributed by atoms with Gasteiger partial charge in [-0.25, -0.2) is 4.79 Å². The molecule has 1 amide bonds. The molecule has 1 aromatic carbocycles. The largest absolute Gasteiger partial charge is 0.468 e. The van der Waals surface area contributed by atoms with E-state index in [0.717, 1.165) is 5.56 Å². The van der Waals surface area contributed by atoms with Gasteiger partial charge in [0.2, 0.25) is 0 Å². The lowest BCUT2D eigenvalue weighted by atomic mass is 10.2. The third kappa shape index (κ3) is 5.61. The number of alkyl halides is 1. The summed E-state index contributed by atoms with van der Waals surface area (Å²) in [6.07, 6.45) is -0.588. The lowest BCUT2D eigenvalue weighted by Crippen LogP contribution is -2.36. The van der Waals surface area contributed by atoms with Crippen molar-refractivity contribution in [2.75, 3.05) is 26.1 Å². The molecule has 0 saturated carbocycles. The van der Waals surface area contributed by atoms with E-state index in [1.54, 1.807) is 0 Å². The first kappa shape index (κ1) is 15.3. The Kier molecular flexibility index (Phi) is 6.74. The number of ether oxygens (including phenoxy) is 2. The van der Waals surface area contributed by atoms with Crippen molar-refractivity contribution >= 4 is 23.7 Å². The summed E-state index contributed by atoms with van der Waals surface area (Å²) >= 11 is 5.46. The van der Waals surface area contributed by atoms with Crippen LogP contribution >= 0.6 is 11.6 Å². The highest BCUT2D eigenvalue weighted by atomic mass is 35.5. The third-order valence-corrected chi connectivity index (χ3v) is 2.48. The van der Waals surface area contributed by atoms with E-state index in [1.165, 1.54) is 12.0 Å². The fourth-order valence-electron chi connectivity index (χ4n) is 1.43. The Morgan fingerprint density at radius 3 is 2.53 bits per heavy atom. The van der Waals surface area contributed by atoms with Gasteiger partial charge in [-0.05, 0) is 5.56 Å². The molecule has 5 nitrogen and oxygen atoms in total. The van der Waals surface area contributed by atoms with Crippen LogP contribution in [0, 0.1) is 0 Å². The molecule has 6 heteroatoms. The molecule has 0 N–H and O–H groups in total. The number of nitrogens with zero attached hydrogens (tertiary/aromatic N) is 1. The van der Waals surface area contributed by atoms with E-state index in [0.29, 0.717) is 0 Å². The summed E-state index contributed by atoms with van der Waals surface area (Å²) in [7, 11) is 1.27. The number of benzene rings is 1.